The van der Waals surface area contributed by atoms with Crippen molar-refractivity contribution in [2.45, 2.75) is 20.8 Å². The Kier molecular flexibility index (Phi) is 4.88. The van der Waals surface area contributed by atoms with Gasteiger partial charge in [0.25, 0.3) is 0 Å². The molecule has 0 aliphatic carbocycles. The highest BCUT2D eigenvalue weighted by Crippen LogP contribution is 2.32. The normalized spacial score (nSPS) is 11.3. The molecule has 1 aromatic carbocycles. The number of rotatable bonds is 5. The van der Waals surface area contributed by atoms with Gasteiger partial charge in [0.2, 0.25) is 0 Å². The maximum atomic E-state index is 4.69. The summed E-state index contributed by atoms with van der Waals surface area (Å²) in [6.07, 6.45) is 0. The van der Waals surface area contributed by atoms with E-state index in [1.165, 1.54) is 0 Å². The number of benzene rings is 1. The second-order valence-corrected chi connectivity index (χ2v) is 6.10. The van der Waals surface area contributed by atoms with Crippen LogP contribution in [0.2, 0.25) is 0 Å². The molecule has 0 N–H and O–H groups in total. The van der Waals surface area contributed by atoms with E-state index in [0.717, 1.165) is 44.9 Å². The second-order valence-electron chi connectivity index (χ2n) is 5.36. The molecule has 0 bridgehead atoms. The van der Waals surface area contributed by atoms with E-state index in [0.29, 0.717) is 0 Å². The smallest absolute Gasteiger partial charge is 0.0996 e. The van der Waals surface area contributed by atoms with Crippen molar-refractivity contribution in [3.63, 3.8) is 0 Å². The van der Waals surface area contributed by atoms with Crippen molar-refractivity contribution in [3.8, 4) is 0 Å². The largest absolute Gasteiger partial charge is 0.262 e. The third-order valence-electron chi connectivity index (χ3n) is 3.42. The van der Waals surface area contributed by atoms with Gasteiger partial charge in [-0.3, -0.25) is 4.99 Å². The van der Waals surface area contributed by atoms with Crippen LogP contribution in [0.4, 0.5) is 11.4 Å². The molecule has 2 aromatic rings. The van der Waals surface area contributed by atoms with Gasteiger partial charge in [-0.2, -0.15) is 0 Å². The molecular weight excluding hydrogens is 288 g/mol. The Morgan fingerprint density at radius 3 is 1.86 bits per heavy atom. The van der Waals surface area contributed by atoms with Crippen LogP contribution in [-0.4, -0.2) is 12.4 Å². The van der Waals surface area contributed by atoms with E-state index >= 15 is 0 Å². The first-order valence-corrected chi connectivity index (χ1v) is 7.92. The van der Waals surface area contributed by atoms with Gasteiger partial charge in [0.05, 0.1) is 11.4 Å². The summed E-state index contributed by atoms with van der Waals surface area (Å²) >= 11 is 1.58. The fourth-order valence-electron chi connectivity index (χ4n) is 2.06. The van der Waals surface area contributed by atoms with Gasteiger partial charge in [-0.25, -0.2) is 4.99 Å². The summed E-state index contributed by atoms with van der Waals surface area (Å²) in [7, 11) is 0. The summed E-state index contributed by atoms with van der Waals surface area (Å²) in [6, 6.07) is 6.34. The van der Waals surface area contributed by atoms with Crippen molar-refractivity contribution in [3.05, 3.63) is 58.8 Å². The van der Waals surface area contributed by atoms with E-state index in [-0.39, 0.29) is 0 Å². The van der Waals surface area contributed by atoms with Crippen LogP contribution in [0.3, 0.4) is 0 Å². The van der Waals surface area contributed by atoms with Crippen LogP contribution >= 0.6 is 11.3 Å². The van der Waals surface area contributed by atoms with E-state index in [9.17, 15) is 0 Å². The SMILES string of the molecule is C=Nc1cscc1/N=C(\C)c1cc(C(=C)C)cc(C(=C)C)c1. The summed E-state index contributed by atoms with van der Waals surface area (Å²) in [5.74, 6) is 0. The summed E-state index contributed by atoms with van der Waals surface area (Å²) in [5.41, 5.74) is 7.96. The van der Waals surface area contributed by atoms with Crippen LogP contribution in [-0.2, 0) is 0 Å². The standard InChI is InChI=1S/C19H20N2S/c1-12(2)15-7-16(13(3)4)9-17(8-15)14(5)21-19-11-22-10-18(19)20-6/h7-11H,1,3,6H2,2,4-5H3/b21-14+. The van der Waals surface area contributed by atoms with Gasteiger partial charge in [0, 0.05) is 16.5 Å². The lowest BCUT2D eigenvalue weighted by Gasteiger charge is -2.10. The lowest BCUT2D eigenvalue weighted by Crippen LogP contribution is -1.97. The molecule has 0 saturated heterocycles. The van der Waals surface area contributed by atoms with Crippen molar-refractivity contribution in [2.75, 3.05) is 0 Å². The Bertz CT molecular complexity index is 746. The number of thiophene rings is 1. The Hall–Kier alpha value is -2.26. The zero-order valence-corrected chi connectivity index (χ0v) is 14.1. The first-order chi connectivity index (χ1) is 10.4. The molecule has 0 aliphatic heterocycles. The first-order valence-electron chi connectivity index (χ1n) is 6.97. The van der Waals surface area contributed by atoms with Gasteiger partial charge >= 0.3 is 0 Å². The minimum atomic E-state index is 0.820. The fourth-order valence-corrected chi connectivity index (χ4v) is 2.75. The van der Waals surface area contributed by atoms with Crippen LogP contribution in [0.1, 0.15) is 37.5 Å². The topological polar surface area (TPSA) is 24.7 Å². The highest BCUT2D eigenvalue weighted by molar-refractivity contribution is 7.08. The van der Waals surface area contributed by atoms with E-state index in [4.69, 9.17) is 4.99 Å². The molecule has 0 fully saturated rings. The average Bonchev–Trinajstić information content (AvgIpc) is 2.93. The van der Waals surface area contributed by atoms with Gasteiger partial charge in [-0.1, -0.05) is 24.3 Å². The van der Waals surface area contributed by atoms with Crippen molar-refractivity contribution in [2.24, 2.45) is 9.98 Å². The molecule has 112 valence electrons. The van der Waals surface area contributed by atoms with Gasteiger partial charge < -0.3 is 0 Å². The number of nitrogens with zero attached hydrogens (tertiary/aromatic N) is 2. The van der Waals surface area contributed by atoms with E-state index < -0.39 is 0 Å². The van der Waals surface area contributed by atoms with Crippen LogP contribution in [0.15, 0.2) is 52.1 Å². The number of hydrogen-bond acceptors (Lipinski definition) is 3. The molecule has 0 amide bonds. The molecule has 0 radical (unpaired) electrons. The van der Waals surface area contributed by atoms with Gasteiger partial charge in [0.15, 0.2) is 0 Å². The first kappa shape index (κ1) is 16.1. The monoisotopic (exact) mass is 308 g/mol. The molecule has 2 rings (SSSR count). The highest BCUT2D eigenvalue weighted by atomic mass is 32.1. The maximum Gasteiger partial charge on any atom is 0.0996 e. The molecule has 22 heavy (non-hydrogen) atoms. The molecule has 0 atom stereocenters. The number of hydrogen-bond donors (Lipinski definition) is 0. The Balaban J connectivity index is 2.53. The fraction of sp³-hybridized carbons (Fsp3) is 0.158. The minimum absolute atomic E-state index is 0.820. The Morgan fingerprint density at radius 1 is 0.864 bits per heavy atom. The molecular formula is C19H20N2S. The van der Waals surface area contributed by atoms with E-state index in [1.54, 1.807) is 11.3 Å². The number of aliphatic imine (C=N–C) groups is 2. The lowest BCUT2D eigenvalue weighted by atomic mass is 9.96. The van der Waals surface area contributed by atoms with E-state index in [1.807, 2.05) is 31.5 Å². The van der Waals surface area contributed by atoms with Crippen molar-refractivity contribution >= 4 is 46.3 Å². The maximum absolute atomic E-state index is 4.69. The van der Waals surface area contributed by atoms with Gasteiger partial charge in [-0.05, 0) is 62.4 Å². The lowest BCUT2D eigenvalue weighted by molar-refractivity contribution is 1.45. The number of allylic oxidation sites excluding steroid dienone is 2. The van der Waals surface area contributed by atoms with Crippen molar-refractivity contribution in [1.29, 1.82) is 0 Å². The van der Waals surface area contributed by atoms with Crippen molar-refractivity contribution in [1.82, 2.24) is 0 Å². The average molecular weight is 308 g/mol. The Morgan fingerprint density at radius 2 is 1.36 bits per heavy atom. The summed E-state index contributed by atoms with van der Waals surface area (Å²) in [4.78, 5) is 8.69. The van der Waals surface area contributed by atoms with Gasteiger partial charge in [0.1, 0.15) is 0 Å². The van der Waals surface area contributed by atoms with Gasteiger partial charge in [-0.15, -0.1) is 11.3 Å². The summed E-state index contributed by atoms with van der Waals surface area (Å²) in [5, 5.41) is 3.93. The second kappa shape index (κ2) is 6.67. The summed E-state index contributed by atoms with van der Waals surface area (Å²) < 4.78 is 0. The molecule has 0 unspecified atom stereocenters. The van der Waals surface area contributed by atoms with Crippen LogP contribution in [0.5, 0.6) is 0 Å². The predicted octanol–water partition coefficient (Wildman–Crippen LogP) is 6.29. The molecule has 3 heteroatoms. The molecule has 1 aromatic heterocycles. The zero-order valence-electron chi connectivity index (χ0n) is 13.3. The van der Waals surface area contributed by atoms with Crippen LogP contribution < -0.4 is 0 Å². The highest BCUT2D eigenvalue weighted by Gasteiger charge is 2.07. The zero-order chi connectivity index (χ0) is 16.3. The Labute approximate surface area is 136 Å². The molecule has 0 spiro atoms. The predicted molar refractivity (Wildman–Crippen MR) is 101 cm³/mol. The van der Waals surface area contributed by atoms with Crippen LogP contribution in [0.25, 0.3) is 11.1 Å². The van der Waals surface area contributed by atoms with Crippen LogP contribution in [0, 0.1) is 0 Å². The quantitative estimate of drug-likeness (QED) is 0.580. The third-order valence-corrected chi connectivity index (χ3v) is 4.14. The van der Waals surface area contributed by atoms with Crippen molar-refractivity contribution < 1.29 is 0 Å². The van der Waals surface area contributed by atoms with E-state index in [2.05, 4.69) is 43.1 Å². The molecule has 0 aliphatic rings. The minimum Gasteiger partial charge on any atom is -0.262 e. The third kappa shape index (κ3) is 3.49. The molecule has 1 heterocycles. The molecule has 2 nitrogen and oxygen atoms in total. The summed E-state index contributed by atoms with van der Waals surface area (Å²) in [6.45, 7) is 17.7. The molecule has 0 saturated carbocycles.